The Morgan fingerprint density at radius 2 is 2.00 bits per heavy atom. The largest absolute Gasteiger partial charge is 0.321 e. The molecule has 1 aliphatic carbocycles. The third-order valence-electron chi connectivity index (χ3n) is 4.87. The molecule has 1 amide bonds. The molecule has 2 atom stereocenters. The lowest BCUT2D eigenvalue weighted by atomic mass is 10.1. The maximum absolute atomic E-state index is 12.8. The molecule has 1 aliphatic heterocycles. The van der Waals surface area contributed by atoms with Gasteiger partial charge in [0.05, 0.1) is 6.04 Å². The molecule has 1 aromatic carbocycles. The van der Waals surface area contributed by atoms with E-state index in [1.54, 1.807) is 0 Å². The summed E-state index contributed by atoms with van der Waals surface area (Å²) < 4.78 is 0. The van der Waals surface area contributed by atoms with Gasteiger partial charge in [-0.3, -0.25) is 10.1 Å². The summed E-state index contributed by atoms with van der Waals surface area (Å²) in [4.78, 5) is 14.8. The number of benzene rings is 1. The lowest BCUT2D eigenvalue weighted by molar-refractivity contribution is -0.131. The highest BCUT2D eigenvalue weighted by atomic mass is 16.2. The monoisotopic (exact) mass is 286 g/mol. The Balaban J connectivity index is 1.79. The summed E-state index contributed by atoms with van der Waals surface area (Å²) in [5, 5.41) is 3.57. The maximum Gasteiger partial charge on any atom is 0.241 e. The summed E-state index contributed by atoms with van der Waals surface area (Å²) in [5.74, 6) is 0.297. The number of nitrogens with zero attached hydrogens (tertiary/aromatic N) is 1. The van der Waals surface area contributed by atoms with Gasteiger partial charge in [0, 0.05) is 6.54 Å². The van der Waals surface area contributed by atoms with Gasteiger partial charge in [0.2, 0.25) is 5.91 Å². The Hall–Kier alpha value is -1.35. The van der Waals surface area contributed by atoms with Gasteiger partial charge in [-0.05, 0) is 30.2 Å². The third-order valence-corrected chi connectivity index (χ3v) is 4.87. The van der Waals surface area contributed by atoms with Crippen LogP contribution in [0.15, 0.2) is 30.3 Å². The van der Waals surface area contributed by atoms with Gasteiger partial charge in [-0.25, -0.2) is 0 Å². The van der Waals surface area contributed by atoms with Crippen LogP contribution in [0.5, 0.6) is 0 Å². The molecule has 0 spiro atoms. The fraction of sp³-hybridized carbons (Fsp3) is 0.611. The standard InChI is InChI=1S/C18H26N2O/c1-3-4-10-15-17(21)20(13-18(2)11-12-18)16(19-15)14-8-6-5-7-9-14/h5-9,15-16,19H,3-4,10-13H2,1-2H3. The molecule has 3 heteroatoms. The second-order valence-corrected chi connectivity index (χ2v) is 6.95. The van der Waals surface area contributed by atoms with Gasteiger partial charge in [-0.2, -0.15) is 0 Å². The summed E-state index contributed by atoms with van der Waals surface area (Å²) >= 11 is 0. The van der Waals surface area contributed by atoms with Gasteiger partial charge in [-0.15, -0.1) is 0 Å². The number of amides is 1. The summed E-state index contributed by atoms with van der Waals surface area (Å²) in [7, 11) is 0. The van der Waals surface area contributed by atoms with E-state index in [4.69, 9.17) is 0 Å². The topological polar surface area (TPSA) is 32.3 Å². The summed E-state index contributed by atoms with van der Waals surface area (Å²) in [6, 6.07) is 10.4. The van der Waals surface area contributed by atoms with Crippen LogP contribution in [0, 0.1) is 5.41 Å². The van der Waals surface area contributed by atoms with E-state index < -0.39 is 0 Å². The van der Waals surface area contributed by atoms with Gasteiger partial charge in [0.15, 0.2) is 0 Å². The molecular weight excluding hydrogens is 260 g/mol. The molecule has 0 bridgehead atoms. The SMILES string of the molecule is CCCCC1NC(c2ccccc2)N(CC2(C)CC2)C1=O. The van der Waals surface area contributed by atoms with E-state index in [9.17, 15) is 4.79 Å². The first kappa shape index (κ1) is 14.6. The van der Waals surface area contributed by atoms with Crippen molar-refractivity contribution in [3.05, 3.63) is 35.9 Å². The number of carbonyl (C=O) groups excluding carboxylic acids is 1. The van der Waals surface area contributed by atoms with Gasteiger partial charge in [0.1, 0.15) is 6.17 Å². The zero-order valence-electron chi connectivity index (χ0n) is 13.1. The minimum atomic E-state index is -0.00231. The Morgan fingerprint density at radius 1 is 1.29 bits per heavy atom. The van der Waals surface area contributed by atoms with E-state index in [1.165, 1.54) is 18.4 Å². The molecule has 1 saturated heterocycles. The molecular formula is C18H26N2O. The summed E-state index contributed by atoms with van der Waals surface area (Å²) in [6.45, 7) is 5.36. The smallest absolute Gasteiger partial charge is 0.241 e. The van der Waals surface area contributed by atoms with Crippen molar-refractivity contribution in [2.75, 3.05) is 6.54 Å². The van der Waals surface area contributed by atoms with E-state index in [0.717, 1.165) is 25.8 Å². The number of hydrogen-bond acceptors (Lipinski definition) is 2. The molecule has 114 valence electrons. The number of nitrogens with one attached hydrogen (secondary N) is 1. The van der Waals surface area contributed by atoms with Crippen molar-refractivity contribution in [1.29, 1.82) is 0 Å². The molecule has 1 saturated carbocycles. The second kappa shape index (κ2) is 5.80. The van der Waals surface area contributed by atoms with E-state index in [1.807, 2.05) is 6.07 Å². The molecule has 3 rings (SSSR count). The molecule has 2 unspecified atom stereocenters. The quantitative estimate of drug-likeness (QED) is 0.868. The van der Waals surface area contributed by atoms with Gasteiger partial charge in [0.25, 0.3) is 0 Å². The highest BCUT2D eigenvalue weighted by Crippen LogP contribution is 2.47. The molecule has 2 aliphatic rings. The molecule has 2 fully saturated rings. The van der Waals surface area contributed by atoms with E-state index in [-0.39, 0.29) is 12.2 Å². The van der Waals surface area contributed by atoms with Crippen molar-refractivity contribution in [3.63, 3.8) is 0 Å². The molecule has 21 heavy (non-hydrogen) atoms. The Kier molecular flexibility index (Phi) is 4.03. The highest BCUT2D eigenvalue weighted by Gasteiger charge is 2.46. The van der Waals surface area contributed by atoms with Gasteiger partial charge in [-0.1, -0.05) is 57.0 Å². The molecule has 3 nitrogen and oxygen atoms in total. The van der Waals surface area contributed by atoms with E-state index in [0.29, 0.717) is 11.3 Å². The first-order valence-electron chi connectivity index (χ1n) is 8.24. The lowest BCUT2D eigenvalue weighted by Gasteiger charge is -2.27. The van der Waals surface area contributed by atoms with Crippen molar-refractivity contribution in [1.82, 2.24) is 10.2 Å². The molecule has 0 radical (unpaired) electrons. The van der Waals surface area contributed by atoms with Crippen LogP contribution in [-0.4, -0.2) is 23.4 Å². The van der Waals surface area contributed by atoms with Crippen LogP contribution in [-0.2, 0) is 4.79 Å². The molecule has 0 aromatic heterocycles. The van der Waals surface area contributed by atoms with Crippen LogP contribution in [0.2, 0.25) is 0 Å². The lowest BCUT2D eigenvalue weighted by Crippen LogP contribution is -2.35. The average Bonchev–Trinajstić information content (AvgIpc) is 3.15. The average molecular weight is 286 g/mol. The van der Waals surface area contributed by atoms with Crippen molar-refractivity contribution in [2.24, 2.45) is 5.41 Å². The molecule has 1 heterocycles. The normalized spacial score (nSPS) is 27.1. The van der Waals surface area contributed by atoms with Gasteiger partial charge >= 0.3 is 0 Å². The highest BCUT2D eigenvalue weighted by molar-refractivity contribution is 5.84. The van der Waals surface area contributed by atoms with Crippen LogP contribution in [0.3, 0.4) is 0 Å². The van der Waals surface area contributed by atoms with Gasteiger partial charge < -0.3 is 4.90 Å². The van der Waals surface area contributed by atoms with Crippen LogP contribution in [0.1, 0.15) is 57.7 Å². The zero-order chi connectivity index (χ0) is 14.9. The van der Waals surface area contributed by atoms with Crippen LogP contribution in [0.4, 0.5) is 0 Å². The van der Waals surface area contributed by atoms with Crippen molar-refractivity contribution < 1.29 is 4.79 Å². The number of hydrogen-bond donors (Lipinski definition) is 1. The first-order chi connectivity index (χ1) is 10.1. The fourth-order valence-electron chi connectivity index (χ4n) is 3.16. The predicted molar refractivity (Wildman–Crippen MR) is 84.7 cm³/mol. The van der Waals surface area contributed by atoms with Crippen LogP contribution >= 0.6 is 0 Å². The van der Waals surface area contributed by atoms with E-state index >= 15 is 0 Å². The number of rotatable bonds is 6. The Morgan fingerprint density at radius 3 is 2.62 bits per heavy atom. The molecule has 1 aromatic rings. The van der Waals surface area contributed by atoms with E-state index in [2.05, 4.69) is 48.3 Å². The van der Waals surface area contributed by atoms with Crippen LogP contribution < -0.4 is 5.32 Å². The fourth-order valence-corrected chi connectivity index (χ4v) is 3.16. The van der Waals surface area contributed by atoms with Crippen molar-refractivity contribution in [2.45, 2.75) is 58.2 Å². The summed E-state index contributed by atoms with van der Waals surface area (Å²) in [6.07, 6.45) is 5.75. The van der Waals surface area contributed by atoms with Crippen LogP contribution in [0.25, 0.3) is 0 Å². The molecule has 1 N–H and O–H groups in total. The number of unbranched alkanes of at least 4 members (excludes halogenated alkanes) is 1. The zero-order valence-corrected chi connectivity index (χ0v) is 13.1. The van der Waals surface area contributed by atoms with Crippen molar-refractivity contribution >= 4 is 5.91 Å². The Labute approximate surface area is 127 Å². The maximum atomic E-state index is 12.8. The summed E-state index contributed by atoms with van der Waals surface area (Å²) in [5.41, 5.74) is 1.55. The van der Waals surface area contributed by atoms with Crippen molar-refractivity contribution in [3.8, 4) is 0 Å². The second-order valence-electron chi connectivity index (χ2n) is 6.95. The predicted octanol–water partition coefficient (Wildman–Crippen LogP) is 3.48. The Bertz CT molecular complexity index is 495. The minimum Gasteiger partial charge on any atom is -0.321 e. The minimum absolute atomic E-state index is 0.00231. The number of carbonyl (C=O) groups is 1. The first-order valence-corrected chi connectivity index (χ1v) is 8.24. The third kappa shape index (κ3) is 3.13.